The Balaban J connectivity index is 1.50. The number of para-hydroxylation sites is 2. The van der Waals surface area contributed by atoms with Crippen molar-refractivity contribution in [3.05, 3.63) is 65.6 Å². The van der Waals surface area contributed by atoms with Gasteiger partial charge in [-0.25, -0.2) is 8.78 Å². The number of hydrogen-bond donors (Lipinski definition) is 1. The molecule has 1 atom stereocenters. The zero-order valence-electron chi connectivity index (χ0n) is 13.1. The molecule has 0 radical (unpaired) electrons. The molecule has 2 heterocycles. The van der Waals surface area contributed by atoms with Gasteiger partial charge in [0.15, 0.2) is 11.5 Å². The van der Waals surface area contributed by atoms with Crippen molar-refractivity contribution in [2.45, 2.75) is 6.10 Å². The molecular weight excluding hydrogens is 348 g/mol. The Kier molecular flexibility index (Phi) is 3.96. The highest BCUT2D eigenvalue weighted by molar-refractivity contribution is 6.03. The van der Waals surface area contributed by atoms with E-state index >= 15 is 0 Å². The number of nitrogens with one attached hydrogen (secondary N) is 1. The highest BCUT2D eigenvalue weighted by atomic mass is 19.1. The minimum absolute atomic E-state index is 0.0591. The molecule has 1 aliphatic rings. The average molecular weight is 359 g/mol. The normalized spacial score (nSPS) is 15.5. The predicted octanol–water partition coefficient (Wildman–Crippen LogP) is 3.11. The van der Waals surface area contributed by atoms with E-state index in [0.29, 0.717) is 11.5 Å². The van der Waals surface area contributed by atoms with Crippen LogP contribution in [0.2, 0.25) is 0 Å². The van der Waals surface area contributed by atoms with Crippen LogP contribution in [0.3, 0.4) is 0 Å². The first-order valence-corrected chi connectivity index (χ1v) is 7.59. The van der Waals surface area contributed by atoms with Crippen molar-refractivity contribution in [1.29, 1.82) is 0 Å². The van der Waals surface area contributed by atoms with Gasteiger partial charge in [-0.3, -0.25) is 10.1 Å². The molecule has 9 heteroatoms. The number of rotatable bonds is 3. The molecule has 0 bridgehead atoms. The number of benzene rings is 2. The molecule has 26 heavy (non-hydrogen) atoms. The van der Waals surface area contributed by atoms with Crippen LogP contribution < -0.4 is 14.8 Å². The van der Waals surface area contributed by atoms with Gasteiger partial charge < -0.3 is 13.9 Å². The molecule has 1 N–H and O–H groups in total. The molecule has 1 aliphatic heterocycles. The molecule has 1 amide bonds. The number of amides is 1. The van der Waals surface area contributed by atoms with Gasteiger partial charge in [0.2, 0.25) is 6.10 Å². The van der Waals surface area contributed by atoms with Gasteiger partial charge in [-0.1, -0.05) is 23.3 Å². The summed E-state index contributed by atoms with van der Waals surface area (Å²) in [5.41, 5.74) is -0.738. The lowest BCUT2D eigenvalue weighted by molar-refractivity contribution is 0.0716. The van der Waals surface area contributed by atoms with Gasteiger partial charge in [0, 0.05) is 0 Å². The lowest BCUT2D eigenvalue weighted by atomic mass is 10.2. The van der Waals surface area contributed by atoms with E-state index in [1.54, 1.807) is 18.2 Å². The Labute approximate surface area is 145 Å². The monoisotopic (exact) mass is 359 g/mol. The van der Waals surface area contributed by atoms with Crippen LogP contribution in [0.25, 0.3) is 0 Å². The zero-order valence-corrected chi connectivity index (χ0v) is 13.1. The number of nitrogens with zero attached hydrogens (tertiary/aromatic N) is 2. The molecule has 3 aromatic rings. The standard InChI is InChI=1S/C17H11F2N3O4/c18-9-4-3-5-10(19)14(9)15(23)20-17-22-21-16(26-17)13-8-24-11-6-1-2-7-12(11)25-13/h1-7,13H,8H2,(H,20,22,23)/t13-/m1/s1. The largest absolute Gasteiger partial charge is 0.485 e. The van der Waals surface area contributed by atoms with Crippen LogP contribution in [0.1, 0.15) is 22.4 Å². The van der Waals surface area contributed by atoms with Gasteiger partial charge in [-0.05, 0) is 24.3 Å². The molecule has 7 nitrogen and oxygen atoms in total. The summed E-state index contributed by atoms with van der Waals surface area (Å²) in [6, 6.07) is 9.87. The molecule has 0 spiro atoms. The van der Waals surface area contributed by atoms with Crippen LogP contribution in [-0.2, 0) is 0 Å². The van der Waals surface area contributed by atoms with Gasteiger partial charge >= 0.3 is 6.01 Å². The van der Waals surface area contributed by atoms with Crippen LogP contribution in [0.5, 0.6) is 11.5 Å². The van der Waals surface area contributed by atoms with Gasteiger partial charge in [-0.15, -0.1) is 5.10 Å². The van der Waals surface area contributed by atoms with E-state index in [1.807, 2.05) is 6.07 Å². The second kappa shape index (κ2) is 6.43. The van der Waals surface area contributed by atoms with Crippen molar-refractivity contribution in [3.63, 3.8) is 0 Å². The molecule has 0 saturated heterocycles. The molecule has 1 aromatic heterocycles. The Morgan fingerprint density at radius 1 is 1.04 bits per heavy atom. The number of fused-ring (bicyclic) bond motifs is 1. The Hall–Kier alpha value is -3.49. The van der Waals surface area contributed by atoms with Crippen molar-refractivity contribution < 1.29 is 27.5 Å². The first-order valence-electron chi connectivity index (χ1n) is 7.59. The minimum Gasteiger partial charge on any atom is -0.485 e. The summed E-state index contributed by atoms with van der Waals surface area (Å²) < 4.78 is 43.8. The first-order chi connectivity index (χ1) is 12.6. The maximum atomic E-state index is 13.6. The number of ether oxygens (including phenoxy) is 2. The van der Waals surface area contributed by atoms with E-state index in [2.05, 4.69) is 15.5 Å². The zero-order chi connectivity index (χ0) is 18.1. The Morgan fingerprint density at radius 3 is 2.54 bits per heavy atom. The number of anilines is 1. The van der Waals surface area contributed by atoms with E-state index in [9.17, 15) is 13.6 Å². The summed E-state index contributed by atoms with van der Waals surface area (Å²) in [6.07, 6.45) is -0.673. The van der Waals surface area contributed by atoms with Gasteiger partial charge in [0.25, 0.3) is 11.8 Å². The number of carbonyl (C=O) groups excluding carboxylic acids is 1. The maximum Gasteiger partial charge on any atom is 0.322 e. The van der Waals surface area contributed by atoms with Crippen LogP contribution in [0.15, 0.2) is 46.9 Å². The van der Waals surface area contributed by atoms with Gasteiger partial charge in [-0.2, -0.15) is 0 Å². The van der Waals surface area contributed by atoms with Gasteiger partial charge in [0.05, 0.1) is 0 Å². The van der Waals surface area contributed by atoms with E-state index < -0.39 is 29.2 Å². The van der Waals surface area contributed by atoms with Crippen LogP contribution in [0.4, 0.5) is 14.8 Å². The van der Waals surface area contributed by atoms with Crippen molar-refractivity contribution in [1.82, 2.24) is 10.2 Å². The molecule has 0 saturated carbocycles. The number of carbonyl (C=O) groups is 1. The molecule has 132 valence electrons. The molecule has 0 aliphatic carbocycles. The lowest BCUT2D eigenvalue weighted by Crippen LogP contribution is -2.21. The van der Waals surface area contributed by atoms with Crippen LogP contribution in [-0.4, -0.2) is 22.7 Å². The number of hydrogen-bond acceptors (Lipinski definition) is 6. The number of aromatic nitrogens is 2. The van der Waals surface area contributed by atoms with Crippen LogP contribution >= 0.6 is 0 Å². The molecule has 4 rings (SSSR count). The summed E-state index contributed by atoms with van der Waals surface area (Å²) in [5, 5.41) is 9.59. The van der Waals surface area contributed by atoms with Crippen LogP contribution in [0, 0.1) is 11.6 Å². The average Bonchev–Trinajstić information content (AvgIpc) is 3.09. The van der Waals surface area contributed by atoms with Crippen molar-refractivity contribution in [2.24, 2.45) is 0 Å². The fraction of sp³-hybridized carbons (Fsp3) is 0.118. The highest BCUT2D eigenvalue weighted by Gasteiger charge is 2.28. The first kappa shape index (κ1) is 16.0. The smallest absolute Gasteiger partial charge is 0.322 e. The quantitative estimate of drug-likeness (QED) is 0.773. The summed E-state index contributed by atoms with van der Waals surface area (Å²) in [6.45, 7) is 0.133. The fourth-order valence-electron chi connectivity index (χ4n) is 2.43. The molecule has 2 aromatic carbocycles. The second-order valence-electron chi connectivity index (χ2n) is 5.36. The van der Waals surface area contributed by atoms with Crippen molar-refractivity contribution in [3.8, 4) is 11.5 Å². The molecule has 0 unspecified atom stereocenters. The second-order valence-corrected chi connectivity index (χ2v) is 5.36. The highest BCUT2D eigenvalue weighted by Crippen LogP contribution is 2.35. The van der Waals surface area contributed by atoms with E-state index in [0.717, 1.165) is 18.2 Å². The lowest BCUT2D eigenvalue weighted by Gasteiger charge is -2.23. The maximum absolute atomic E-state index is 13.6. The van der Waals surface area contributed by atoms with E-state index in [-0.39, 0.29) is 18.5 Å². The third kappa shape index (κ3) is 2.94. The summed E-state index contributed by atoms with van der Waals surface area (Å²) in [4.78, 5) is 12.0. The topological polar surface area (TPSA) is 86.5 Å². The summed E-state index contributed by atoms with van der Waals surface area (Å²) >= 11 is 0. The van der Waals surface area contributed by atoms with E-state index in [4.69, 9.17) is 13.9 Å². The van der Waals surface area contributed by atoms with Crippen molar-refractivity contribution in [2.75, 3.05) is 11.9 Å². The summed E-state index contributed by atoms with van der Waals surface area (Å²) in [5.74, 6) is -1.87. The Morgan fingerprint density at radius 2 is 1.77 bits per heavy atom. The van der Waals surface area contributed by atoms with Gasteiger partial charge in [0.1, 0.15) is 23.8 Å². The predicted molar refractivity (Wildman–Crippen MR) is 83.9 cm³/mol. The third-order valence-corrected chi connectivity index (χ3v) is 3.63. The minimum atomic E-state index is -1.04. The molecular formula is C17H11F2N3O4. The Bertz CT molecular complexity index is 956. The fourth-order valence-corrected chi connectivity index (χ4v) is 2.43. The third-order valence-electron chi connectivity index (χ3n) is 3.63. The molecule has 0 fully saturated rings. The van der Waals surface area contributed by atoms with Crippen molar-refractivity contribution >= 4 is 11.9 Å². The van der Waals surface area contributed by atoms with E-state index in [1.165, 1.54) is 0 Å². The SMILES string of the molecule is O=C(Nc1nnc([C@H]2COc3ccccc3O2)o1)c1c(F)cccc1F. The summed E-state index contributed by atoms with van der Waals surface area (Å²) in [7, 11) is 0. The number of halogens is 2.